The summed E-state index contributed by atoms with van der Waals surface area (Å²) >= 11 is 3.36. The SMILES string of the molecule is CC(C)C(CCO)Nc1ccc(C#N)c(Br)c1. The van der Waals surface area contributed by atoms with Gasteiger partial charge in [-0.25, -0.2) is 0 Å². The highest BCUT2D eigenvalue weighted by Gasteiger charge is 2.12. The number of nitriles is 1. The largest absolute Gasteiger partial charge is 0.396 e. The van der Waals surface area contributed by atoms with Crippen LogP contribution in [0.1, 0.15) is 25.8 Å². The van der Waals surface area contributed by atoms with E-state index in [0.717, 1.165) is 16.6 Å². The second-order valence-electron chi connectivity index (χ2n) is 4.31. The first kappa shape index (κ1) is 14.0. The topological polar surface area (TPSA) is 56.0 Å². The standard InChI is InChI=1S/C13H17BrN2O/c1-9(2)13(5-6-17)16-11-4-3-10(8-15)12(14)7-11/h3-4,7,9,13,16-17H,5-6H2,1-2H3. The number of nitrogens with zero attached hydrogens (tertiary/aromatic N) is 1. The van der Waals surface area contributed by atoms with Gasteiger partial charge in [0.15, 0.2) is 0 Å². The predicted molar refractivity (Wildman–Crippen MR) is 72.8 cm³/mol. The molecule has 17 heavy (non-hydrogen) atoms. The van der Waals surface area contributed by atoms with Gasteiger partial charge < -0.3 is 10.4 Å². The molecule has 0 spiro atoms. The number of anilines is 1. The highest BCUT2D eigenvalue weighted by molar-refractivity contribution is 9.10. The van der Waals surface area contributed by atoms with Crippen LogP contribution in [-0.4, -0.2) is 17.8 Å². The Bertz CT molecular complexity index is 412. The Kier molecular flexibility index (Phi) is 5.46. The molecule has 0 aromatic heterocycles. The van der Waals surface area contributed by atoms with Crippen molar-refractivity contribution in [3.05, 3.63) is 28.2 Å². The van der Waals surface area contributed by atoms with Gasteiger partial charge >= 0.3 is 0 Å². The lowest BCUT2D eigenvalue weighted by Crippen LogP contribution is -2.26. The van der Waals surface area contributed by atoms with E-state index < -0.39 is 0 Å². The summed E-state index contributed by atoms with van der Waals surface area (Å²) in [6, 6.07) is 7.90. The van der Waals surface area contributed by atoms with Crippen LogP contribution in [0.3, 0.4) is 0 Å². The van der Waals surface area contributed by atoms with E-state index in [4.69, 9.17) is 10.4 Å². The molecule has 0 aliphatic carbocycles. The van der Waals surface area contributed by atoms with E-state index in [1.54, 1.807) is 6.07 Å². The van der Waals surface area contributed by atoms with E-state index in [1.807, 2.05) is 12.1 Å². The minimum Gasteiger partial charge on any atom is -0.396 e. The third kappa shape index (κ3) is 4.03. The van der Waals surface area contributed by atoms with Crippen molar-refractivity contribution in [3.63, 3.8) is 0 Å². The van der Waals surface area contributed by atoms with Crippen molar-refractivity contribution in [1.82, 2.24) is 0 Å². The summed E-state index contributed by atoms with van der Waals surface area (Å²) in [6.07, 6.45) is 0.718. The molecule has 1 aromatic carbocycles. The smallest absolute Gasteiger partial charge is 0.100 e. The molecule has 2 N–H and O–H groups in total. The van der Waals surface area contributed by atoms with E-state index in [-0.39, 0.29) is 12.6 Å². The monoisotopic (exact) mass is 296 g/mol. The zero-order valence-electron chi connectivity index (χ0n) is 10.1. The molecule has 0 amide bonds. The fraction of sp³-hybridized carbons (Fsp3) is 0.462. The lowest BCUT2D eigenvalue weighted by molar-refractivity contribution is 0.267. The van der Waals surface area contributed by atoms with Gasteiger partial charge in [-0.3, -0.25) is 0 Å². The van der Waals surface area contributed by atoms with Crippen LogP contribution in [0, 0.1) is 17.2 Å². The van der Waals surface area contributed by atoms with E-state index in [1.165, 1.54) is 0 Å². The Morgan fingerprint density at radius 2 is 2.18 bits per heavy atom. The average molecular weight is 297 g/mol. The molecule has 1 rings (SSSR count). The van der Waals surface area contributed by atoms with Crippen LogP contribution >= 0.6 is 15.9 Å². The van der Waals surface area contributed by atoms with Gasteiger partial charge in [-0.05, 0) is 46.5 Å². The van der Waals surface area contributed by atoms with Crippen molar-refractivity contribution < 1.29 is 5.11 Å². The number of hydrogen-bond donors (Lipinski definition) is 2. The molecular formula is C13H17BrN2O. The molecule has 92 valence electrons. The zero-order valence-corrected chi connectivity index (χ0v) is 11.7. The third-order valence-electron chi connectivity index (χ3n) is 2.69. The lowest BCUT2D eigenvalue weighted by atomic mass is 10.0. The molecule has 1 aromatic rings. The number of nitrogens with one attached hydrogen (secondary N) is 1. The molecule has 3 nitrogen and oxygen atoms in total. The Labute approximate surface area is 111 Å². The molecule has 0 heterocycles. The van der Waals surface area contributed by atoms with Crippen molar-refractivity contribution in [2.75, 3.05) is 11.9 Å². The molecule has 0 saturated heterocycles. The van der Waals surface area contributed by atoms with Crippen LogP contribution in [0.15, 0.2) is 22.7 Å². The summed E-state index contributed by atoms with van der Waals surface area (Å²) in [5.41, 5.74) is 1.59. The van der Waals surface area contributed by atoms with Gasteiger partial charge in [0.05, 0.1) is 5.56 Å². The number of halogens is 1. The van der Waals surface area contributed by atoms with Crippen LogP contribution < -0.4 is 5.32 Å². The van der Waals surface area contributed by atoms with Gasteiger partial charge in [0.25, 0.3) is 0 Å². The second kappa shape index (κ2) is 6.63. The van der Waals surface area contributed by atoms with Crippen LogP contribution in [0.25, 0.3) is 0 Å². The van der Waals surface area contributed by atoms with Crippen molar-refractivity contribution in [1.29, 1.82) is 5.26 Å². The maximum absolute atomic E-state index is 9.01. The number of hydrogen-bond acceptors (Lipinski definition) is 3. The van der Waals surface area contributed by atoms with Gasteiger partial charge in [0.1, 0.15) is 6.07 Å². The van der Waals surface area contributed by atoms with Gasteiger partial charge in [-0.2, -0.15) is 5.26 Å². The van der Waals surface area contributed by atoms with Crippen molar-refractivity contribution in [2.45, 2.75) is 26.3 Å². The molecule has 0 fully saturated rings. The Balaban J connectivity index is 2.80. The first-order valence-corrected chi connectivity index (χ1v) is 6.44. The maximum Gasteiger partial charge on any atom is 0.100 e. The Morgan fingerprint density at radius 3 is 2.65 bits per heavy atom. The number of aliphatic hydroxyl groups is 1. The average Bonchev–Trinajstić information content (AvgIpc) is 2.28. The Hall–Kier alpha value is -1.05. The van der Waals surface area contributed by atoms with E-state index >= 15 is 0 Å². The maximum atomic E-state index is 9.01. The molecule has 1 atom stereocenters. The fourth-order valence-electron chi connectivity index (χ4n) is 1.62. The zero-order chi connectivity index (χ0) is 12.8. The Morgan fingerprint density at radius 1 is 1.47 bits per heavy atom. The van der Waals surface area contributed by atoms with Crippen LogP contribution in [0.5, 0.6) is 0 Å². The second-order valence-corrected chi connectivity index (χ2v) is 5.17. The molecule has 0 saturated carbocycles. The summed E-state index contributed by atoms with van der Waals surface area (Å²) < 4.78 is 0.788. The predicted octanol–water partition coefficient (Wildman–Crippen LogP) is 3.14. The van der Waals surface area contributed by atoms with Crippen LogP contribution in [-0.2, 0) is 0 Å². The molecule has 4 heteroatoms. The normalized spacial score (nSPS) is 12.2. The summed E-state index contributed by atoms with van der Waals surface area (Å²) in [4.78, 5) is 0. The molecule has 1 unspecified atom stereocenters. The molecule has 0 aliphatic heterocycles. The van der Waals surface area contributed by atoms with E-state index in [2.05, 4.69) is 41.2 Å². The number of benzene rings is 1. The first-order valence-electron chi connectivity index (χ1n) is 5.65. The minimum absolute atomic E-state index is 0.174. The molecule has 0 bridgehead atoms. The molecular weight excluding hydrogens is 280 g/mol. The van der Waals surface area contributed by atoms with E-state index in [9.17, 15) is 0 Å². The summed E-state index contributed by atoms with van der Waals surface area (Å²) in [5.74, 6) is 0.441. The third-order valence-corrected chi connectivity index (χ3v) is 3.34. The van der Waals surface area contributed by atoms with Gasteiger partial charge in [0.2, 0.25) is 0 Å². The van der Waals surface area contributed by atoms with E-state index in [0.29, 0.717) is 11.5 Å². The summed E-state index contributed by atoms with van der Waals surface area (Å²) in [5, 5.41) is 21.2. The fourth-order valence-corrected chi connectivity index (χ4v) is 2.09. The highest BCUT2D eigenvalue weighted by Crippen LogP contribution is 2.22. The van der Waals surface area contributed by atoms with Crippen molar-refractivity contribution in [3.8, 4) is 6.07 Å². The summed E-state index contributed by atoms with van der Waals surface area (Å²) in [7, 11) is 0. The van der Waals surface area contributed by atoms with Crippen molar-refractivity contribution in [2.24, 2.45) is 5.92 Å². The summed E-state index contributed by atoms with van der Waals surface area (Å²) in [6.45, 7) is 4.41. The van der Waals surface area contributed by atoms with Gasteiger partial charge in [0, 0.05) is 22.8 Å². The lowest BCUT2D eigenvalue weighted by Gasteiger charge is -2.23. The van der Waals surface area contributed by atoms with Gasteiger partial charge in [-0.15, -0.1) is 0 Å². The number of aliphatic hydroxyl groups excluding tert-OH is 1. The quantitative estimate of drug-likeness (QED) is 0.878. The molecule has 0 radical (unpaired) electrons. The molecule has 0 aliphatic rings. The van der Waals surface area contributed by atoms with Crippen LogP contribution in [0.2, 0.25) is 0 Å². The number of rotatable bonds is 5. The van der Waals surface area contributed by atoms with Crippen molar-refractivity contribution >= 4 is 21.6 Å². The minimum atomic E-state index is 0.174. The highest BCUT2D eigenvalue weighted by atomic mass is 79.9. The van der Waals surface area contributed by atoms with Crippen LogP contribution in [0.4, 0.5) is 5.69 Å². The first-order chi connectivity index (χ1) is 8.08. The van der Waals surface area contributed by atoms with Gasteiger partial charge in [-0.1, -0.05) is 13.8 Å².